The minimum Gasteiger partial charge on any atom is -0.477 e. The molecule has 2 rings (SSSR count). The van der Waals surface area contributed by atoms with Crippen LogP contribution in [-0.4, -0.2) is 24.1 Å². The van der Waals surface area contributed by atoms with Gasteiger partial charge in [0.2, 0.25) is 0 Å². The summed E-state index contributed by atoms with van der Waals surface area (Å²) in [5.74, 6) is -0.950. The van der Waals surface area contributed by atoms with E-state index in [2.05, 4.69) is 5.32 Å². The number of hydrogen-bond acceptors (Lipinski definition) is 5. The number of halogens is 2. The van der Waals surface area contributed by atoms with Gasteiger partial charge in [-0.05, 0) is 56.3 Å². The first-order chi connectivity index (χ1) is 12.8. The smallest absolute Gasteiger partial charge is 0.347 e. The number of hydrogen-bond donors (Lipinski definition) is 1. The maximum absolute atomic E-state index is 12.1. The molecular weight excluding hydrogens is 391 g/mol. The third-order valence-corrected chi connectivity index (χ3v) is 4.00. The van der Waals surface area contributed by atoms with Crippen molar-refractivity contribution in [2.75, 3.05) is 5.32 Å². The zero-order valence-electron chi connectivity index (χ0n) is 14.5. The fraction of sp³-hybridized carbons (Fsp3) is 0.211. The Morgan fingerprint density at radius 2 is 1.74 bits per heavy atom. The van der Waals surface area contributed by atoms with Crippen LogP contribution in [0.2, 0.25) is 10.0 Å². The van der Waals surface area contributed by atoms with E-state index in [1.165, 1.54) is 26.0 Å². The highest BCUT2D eigenvalue weighted by molar-refractivity contribution is 6.35. The van der Waals surface area contributed by atoms with Crippen molar-refractivity contribution < 1.29 is 19.1 Å². The third kappa shape index (κ3) is 5.88. The molecule has 27 heavy (non-hydrogen) atoms. The van der Waals surface area contributed by atoms with Gasteiger partial charge in [-0.2, -0.15) is 5.26 Å². The average Bonchev–Trinajstić information content (AvgIpc) is 2.64. The van der Waals surface area contributed by atoms with Crippen LogP contribution < -0.4 is 10.1 Å². The van der Waals surface area contributed by atoms with E-state index in [0.29, 0.717) is 16.3 Å². The first-order valence-corrected chi connectivity index (χ1v) is 8.69. The van der Waals surface area contributed by atoms with Crippen LogP contribution in [0.3, 0.4) is 0 Å². The van der Waals surface area contributed by atoms with Crippen molar-refractivity contribution in [2.45, 2.75) is 26.1 Å². The first kappa shape index (κ1) is 20.6. The number of carbonyl (C=O) groups excluding carboxylic acids is 2. The van der Waals surface area contributed by atoms with Gasteiger partial charge >= 0.3 is 5.97 Å². The quantitative estimate of drug-likeness (QED) is 0.725. The predicted molar refractivity (Wildman–Crippen MR) is 102 cm³/mol. The second kappa shape index (κ2) is 9.26. The Labute approximate surface area is 166 Å². The molecule has 0 spiro atoms. The molecule has 0 aliphatic heterocycles. The molecule has 2 aromatic carbocycles. The van der Waals surface area contributed by atoms with Crippen molar-refractivity contribution in [3.05, 3.63) is 58.1 Å². The van der Waals surface area contributed by atoms with Crippen LogP contribution >= 0.6 is 23.2 Å². The Morgan fingerprint density at radius 3 is 2.33 bits per heavy atom. The molecule has 6 nitrogen and oxygen atoms in total. The molecule has 1 amide bonds. The van der Waals surface area contributed by atoms with Gasteiger partial charge < -0.3 is 14.8 Å². The number of nitrogens with zero attached hydrogens (tertiary/aromatic N) is 1. The number of ether oxygens (including phenoxy) is 2. The highest BCUT2D eigenvalue weighted by atomic mass is 35.5. The molecule has 0 bridgehead atoms. The SMILES string of the molecule is C[C@H](OC(=O)[C@@H](C)Oc1ccc(Cl)cc1Cl)C(=O)Nc1ccc(C#N)cc1. The molecule has 0 aliphatic carbocycles. The summed E-state index contributed by atoms with van der Waals surface area (Å²) in [6.45, 7) is 2.93. The zero-order valence-corrected chi connectivity index (χ0v) is 16.0. The van der Waals surface area contributed by atoms with Gasteiger partial charge in [0.25, 0.3) is 5.91 Å². The molecule has 0 unspecified atom stereocenters. The largest absolute Gasteiger partial charge is 0.477 e. The third-order valence-electron chi connectivity index (χ3n) is 3.47. The minimum absolute atomic E-state index is 0.258. The second-order valence-corrected chi connectivity index (χ2v) is 6.44. The van der Waals surface area contributed by atoms with Gasteiger partial charge in [0, 0.05) is 10.7 Å². The van der Waals surface area contributed by atoms with Gasteiger partial charge in [-0.3, -0.25) is 4.79 Å². The summed E-state index contributed by atoms with van der Waals surface area (Å²) in [4.78, 5) is 24.3. The second-order valence-electron chi connectivity index (χ2n) is 5.59. The molecule has 0 saturated carbocycles. The standard InChI is InChI=1S/C19H16Cl2N2O4/c1-11(18(24)23-15-6-3-13(10-22)4-7-15)27-19(25)12(2)26-17-8-5-14(20)9-16(17)21/h3-9,11-12H,1-2H3,(H,23,24)/t11-,12+/m0/s1. The van der Waals surface area contributed by atoms with E-state index < -0.39 is 24.1 Å². The van der Waals surface area contributed by atoms with Gasteiger partial charge in [0.05, 0.1) is 16.7 Å². The van der Waals surface area contributed by atoms with Crippen molar-refractivity contribution in [3.8, 4) is 11.8 Å². The van der Waals surface area contributed by atoms with Crippen molar-refractivity contribution in [1.82, 2.24) is 0 Å². The van der Waals surface area contributed by atoms with Crippen LogP contribution in [-0.2, 0) is 14.3 Å². The Bertz CT molecular complexity index is 878. The van der Waals surface area contributed by atoms with E-state index in [-0.39, 0.29) is 10.8 Å². The number of benzene rings is 2. The van der Waals surface area contributed by atoms with Crippen LogP contribution in [0.25, 0.3) is 0 Å². The number of amides is 1. The Hall–Kier alpha value is -2.75. The van der Waals surface area contributed by atoms with Gasteiger partial charge in [-0.1, -0.05) is 23.2 Å². The molecule has 0 saturated heterocycles. The fourth-order valence-corrected chi connectivity index (χ4v) is 2.46. The van der Waals surface area contributed by atoms with Crippen LogP contribution in [0.4, 0.5) is 5.69 Å². The fourth-order valence-electron chi connectivity index (χ4n) is 2.00. The topological polar surface area (TPSA) is 88.4 Å². The van der Waals surface area contributed by atoms with Crippen molar-refractivity contribution in [1.29, 1.82) is 5.26 Å². The first-order valence-electron chi connectivity index (χ1n) is 7.93. The van der Waals surface area contributed by atoms with Gasteiger partial charge in [0.1, 0.15) is 5.75 Å². The maximum Gasteiger partial charge on any atom is 0.347 e. The summed E-state index contributed by atoms with van der Waals surface area (Å²) in [5, 5.41) is 12.1. The van der Waals surface area contributed by atoms with Gasteiger partial charge in [-0.25, -0.2) is 4.79 Å². The summed E-state index contributed by atoms with van der Waals surface area (Å²) < 4.78 is 10.6. The minimum atomic E-state index is -1.04. The number of esters is 1. The van der Waals surface area contributed by atoms with E-state index in [1.54, 1.807) is 30.3 Å². The molecular formula is C19H16Cl2N2O4. The average molecular weight is 407 g/mol. The van der Waals surface area contributed by atoms with E-state index in [0.717, 1.165) is 0 Å². The number of rotatable bonds is 6. The maximum atomic E-state index is 12.1. The van der Waals surface area contributed by atoms with Crippen LogP contribution in [0.1, 0.15) is 19.4 Å². The van der Waals surface area contributed by atoms with Crippen molar-refractivity contribution in [3.63, 3.8) is 0 Å². The molecule has 140 valence electrons. The van der Waals surface area contributed by atoms with Gasteiger partial charge in [-0.15, -0.1) is 0 Å². The monoisotopic (exact) mass is 406 g/mol. The summed E-state index contributed by atoms with van der Waals surface area (Å²) in [6.07, 6.45) is -2.02. The predicted octanol–water partition coefficient (Wildman–Crippen LogP) is 4.20. The molecule has 0 aromatic heterocycles. The van der Waals surface area contributed by atoms with Gasteiger partial charge in [0.15, 0.2) is 12.2 Å². The Kier molecular flexibility index (Phi) is 7.05. The molecule has 2 aromatic rings. The molecule has 0 heterocycles. The number of nitriles is 1. The molecule has 0 aliphatic rings. The van der Waals surface area contributed by atoms with E-state index >= 15 is 0 Å². The summed E-state index contributed by atoms with van der Waals surface area (Å²) in [5.41, 5.74) is 0.957. The van der Waals surface area contributed by atoms with Crippen LogP contribution in [0, 0.1) is 11.3 Å². The zero-order chi connectivity index (χ0) is 20.0. The number of anilines is 1. The van der Waals surface area contributed by atoms with Crippen molar-refractivity contribution >= 4 is 40.8 Å². The van der Waals surface area contributed by atoms with Crippen LogP contribution in [0.5, 0.6) is 5.75 Å². The lowest BCUT2D eigenvalue weighted by molar-refractivity contribution is -0.159. The molecule has 0 radical (unpaired) electrons. The lowest BCUT2D eigenvalue weighted by Crippen LogP contribution is -2.35. The van der Waals surface area contributed by atoms with E-state index in [9.17, 15) is 9.59 Å². The number of nitrogens with one attached hydrogen (secondary N) is 1. The summed E-state index contributed by atoms with van der Waals surface area (Å²) >= 11 is 11.8. The highest BCUT2D eigenvalue weighted by Gasteiger charge is 2.24. The molecule has 2 atom stereocenters. The lowest BCUT2D eigenvalue weighted by atomic mass is 10.2. The molecule has 0 fully saturated rings. The lowest BCUT2D eigenvalue weighted by Gasteiger charge is -2.18. The highest BCUT2D eigenvalue weighted by Crippen LogP contribution is 2.28. The summed E-state index contributed by atoms with van der Waals surface area (Å²) in [6, 6.07) is 12.9. The normalized spacial score (nSPS) is 12.4. The number of carbonyl (C=O) groups is 2. The van der Waals surface area contributed by atoms with Crippen molar-refractivity contribution in [2.24, 2.45) is 0 Å². The van der Waals surface area contributed by atoms with E-state index in [1.807, 2.05) is 6.07 Å². The van der Waals surface area contributed by atoms with Crippen LogP contribution in [0.15, 0.2) is 42.5 Å². The van der Waals surface area contributed by atoms with E-state index in [4.69, 9.17) is 37.9 Å². The Morgan fingerprint density at radius 1 is 1.07 bits per heavy atom. The molecule has 1 N–H and O–H groups in total. The Balaban J connectivity index is 1.91. The molecule has 8 heteroatoms. The summed E-state index contributed by atoms with van der Waals surface area (Å²) in [7, 11) is 0.